The molecule has 1 aromatic rings. The van der Waals surface area contributed by atoms with E-state index in [4.69, 9.17) is 15.2 Å². The topological polar surface area (TPSA) is 78.6 Å². The summed E-state index contributed by atoms with van der Waals surface area (Å²) >= 11 is 0. The number of ether oxygens (including phenoxy) is 2. The molecule has 120 valence electrons. The van der Waals surface area contributed by atoms with Crippen molar-refractivity contribution in [3.8, 4) is 11.5 Å². The van der Waals surface area contributed by atoms with Gasteiger partial charge in [0.2, 0.25) is 0 Å². The first-order chi connectivity index (χ1) is 9.88. The molecule has 5 nitrogen and oxygen atoms in total. The third-order valence-electron chi connectivity index (χ3n) is 2.98. The lowest BCUT2D eigenvalue weighted by atomic mass is 10.1. The first-order valence-corrected chi connectivity index (χ1v) is 8.95. The molecule has 0 amide bonds. The highest BCUT2D eigenvalue weighted by Gasteiger charge is 2.12. The van der Waals surface area contributed by atoms with Gasteiger partial charge < -0.3 is 15.2 Å². The monoisotopic (exact) mass is 315 g/mol. The summed E-state index contributed by atoms with van der Waals surface area (Å²) in [5.41, 5.74) is 6.76. The van der Waals surface area contributed by atoms with E-state index in [0.717, 1.165) is 11.3 Å². The van der Waals surface area contributed by atoms with Gasteiger partial charge in [-0.3, -0.25) is 0 Å². The molecule has 0 heterocycles. The fraction of sp³-hybridized carbons (Fsp3) is 0.600. The van der Waals surface area contributed by atoms with Crippen LogP contribution in [-0.4, -0.2) is 39.7 Å². The number of nitrogens with two attached hydrogens (primary N) is 1. The van der Waals surface area contributed by atoms with Crippen molar-refractivity contribution in [1.82, 2.24) is 0 Å². The van der Waals surface area contributed by atoms with Gasteiger partial charge in [0.1, 0.15) is 18.1 Å². The summed E-state index contributed by atoms with van der Waals surface area (Å²) < 4.78 is 34.1. The van der Waals surface area contributed by atoms with Crippen molar-refractivity contribution in [3.63, 3.8) is 0 Å². The molecule has 0 fully saturated rings. The third kappa shape index (κ3) is 6.35. The molecule has 0 aliphatic heterocycles. The molecule has 0 aromatic heterocycles. The van der Waals surface area contributed by atoms with Crippen LogP contribution in [0.25, 0.3) is 0 Å². The van der Waals surface area contributed by atoms with E-state index >= 15 is 0 Å². The Morgan fingerprint density at radius 1 is 1.29 bits per heavy atom. The smallest absolute Gasteiger partial charge is 0.153 e. The van der Waals surface area contributed by atoms with E-state index in [1.807, 2.05) is 19.9 Å². The van der Waals surface area contributed by atoms with Gasteiger partial charge in [-0.15, -0.1) is 0 Å². The first kappa shape index (κ1) is 17.8. The maximum absolute atomic E-state index is 11.7. The number of methoxy groups -OCH3 is 1. The molecule has 1 aromatic carbocycles. The predicted molar refractivity (Wildman–Crippen MR) is 84.8 cm³/mol. The number of hydrogen-bond acceptors (Lipinski definition) is 5. The predicted octanol–water partition coefficient (Wildman–Crippen LogP) is 1.79. The van der Waals surface area contributed by atoms with Gasteiger partial charge in [0, 0.05) is 6.04 Å². The molecule has 0 radical (unpaired) electrons. The Hall–Kier alpha value is -1.27. The molecule has 0 spiro atoms. The Morgan fingerprint density at radius 2 is 2.00 bits per heavy atom. The lowest BCUT2D eigenvalue weighted by Crippen LogP contribution is -2.20. The zero-order valence-electron chi connectivity index (χ0n) is 13.0. The van der Waals surface area contributed by atoms with Crippen molar-refractivity contribution in [3.05, 3.63) is 23.8 Å². The van der Waals surface area contributed by atoms with Crippen LogP contribution in [0, 0.1) is 0 Å². The van der Waals surface area contributed by atoms with Crippen molar-refractivity contribution >= 4 is 9.84 Å². The summed E-state index contributed by atoms with van der Waals surface area (Å²) in [6.45, 7) is 3.91. The van der Waals surface area contributed by atoms with E-state index in [1.54, 1.807) is 19.2 Å². The normalized spacial score (nSPS) is 13.0. The maximum Gasteiger partial charge on any atom is 0.153 e. The van der Waals surface area contributed by atoms with Gasteiger partial charge in [0.15, 0.2) is 9.84 Å². The van der Waals surface area contributed by atoms with Crippen LogP contribution in [0.3, 0.4) is 0 Å². The van der Waals surface area contributed by atoms with E-state index in [0.29, 0.717) is 18.6 Å². The van der Waals surface area contributed by atoms with Crippen LogP contribution in [0.15, 0.2) is 18.2 Å². The molecule has 1 unspecified atom stereocenters. The highest BCUT2D eigenvalue weighted by atomic mass is 32.2. The largest absolute Gasteiger partial charge is 0.497 e. The van der Waals surface area contributed by atoms with Crippen molar-refractivity contribution in [2.75, 3.05) is 25.2 Å². The van der Waals surface area contributed by atoms with Crippen LogP contribution in [0.4, 0.5) is 0 Å². The number of rotatable bonds is 9. The minimum Gasteiger partial charge on any atom is -0.497 e. The lowest BCUT2D eigenvalue weighted by Gasteiger charge is -2.14. The molecule has 0 saturated heterocycles. The zero-order valence-corrected chi connectivity index (χ0v) is 13.8. The molecule has 6 heteroatoms. The van der Waals surface area contributed by atoms with Gasteiger partial charge in [-0.25, -0.2) is 8.42 Å². The minimum atomic E-state index is -3.02. The van der Waals surface area contributed by atoms with E-state index in [1.165, 1.54) is 0 Å². The van der Waals surface area contributed by atoms with E-state index in [-0.39, 0.29) is 24.2 Å². The van der Waals surface area contributed by atoms with Crippen LogP contribution in [-0.2, 0) is 16.3 Å². The summed E-state index contributed by atoms with van der Waals surface area (Å²) in [6, 6.07) is 5.45. The Balaban J connectivity index is 2.73. The van der Waals surface area contributed by atoms with Gasteiger partial charge >= 0.3 is 0 Å². The van der Waals surface area contributed by atoms with Crippen molar-refractivity contribution in [1.29, 1.82) is 0 Å². The van der Waals surface area contributed by atoms with Crippen molar-refractivity contribution in [2.45, 2.75) is 32.7 Å². The summed E-state index contributed by atoms with van der Waals surface area (Å²) in [7, 11) is -1.42. The number of hydrogen-bond donors (Lipinski definition) is 1. The Bertz CT molecular complexity index is 541. The standard InChI is InChI=1S/C15H25NO4S/c1-4-8-21(17,18)9-7-20-15-6-5-14(19-3)11-13(15)10-12(2)16/h5-6,11-12H,4,7-10,16H2,1-3H3. The zero-order chi connectivity index (χ0) is 15.9. The molecule has 2 N–H and O–H groups in total. The Kier molecular flexibility index (Phi) is 6.98. The van der Waals surface area contributed by atoms with E-state index in [2.05, 4.69) is 0 Å². The Labute approximate surface area is 127 Å². The highest BCUT2D eigenvalue weighted by Crippen LogP contribution is 2.25. The van der Waals surface area contributed by atoms with Gasteiger partial charge in [-0.05, 0) is 43.5 Å². The molecule has 1 atom stereocenters. The van der Waals surface area contributed by atoms with Gasteiger partial charge in [0.05, 0.1) is 18.6 Å². The molecule has 0 bridgehead atoms. The second-order valence-electron chi connectivity index (χ2n) is 5.16. The van der Waals surface area contributed by atoms with E-state index < -0.39 is 9.84 Å². The maximum atomic E-state index is 11.7. The van der Waals surface area contributed by atoms with Crippen molar-refractivity contribution < 1.29 is 17.9 Å². The van der Waals surface area contributed by atoms with Crippen LogP contribution in [0.1, 0.15) is 25.8 Å². The van der Waals surface area contributed by atoms with Crippen LogP contribution in [0.2, 0.25) is 0 Å². The summed E-state index contributed by atoms with van der Waals surface area (Å²) in [5.74, 6) is 1.63. The van der Waals surface area contributed by atoms with Gasteiger partial charge in [0.25, 0.3) is 0 Å². The minimum absolute atomic E-state index is 0.0109. The molecular formula is C15H25NO4S. The van der Waals surface area contributed by atoms with Crippen LogP contribution in [0.5, 0.6) is 11.5 Å². The average Bonchev–Trinajstić information content (AvgIpc) is 2.39. The first-order valence-electron chi connectivity index (χ1n) is 7.13. The highest BCUT2D eigenvalue weighted by molar-refractivity contribution is 7.91. The molecule has 21 heavy (non-hydrogen) atoms. The molecular weight excluding hydrogens is 290 g/mol. The number of sulfone groups is 1. The molecule has 0 saturated carbocycles. The summed E-state index contributed by atoms with van der Waals surface area (Å²) in [4.78, 5) is 0. The van der Waals surface area contributed by atoms with Crippen molar-refractivity contribution in [2.24, 2.45) is 5.73 Å². The Morgan fingerprint density at radius 3 is 2.57 bits per heavy atom. The lowest BCUT2D eigenvalue weighted by molar-refractivity contribution is 0.335. The second-order valence-corrected chi connectivity index (χ2v) is 7.46. The quantitative estimate of drug-likeness (QED) is 0.751. The number of benzene rings is 1. The molecule has 0 aliphatic rings. The van der Waals surface area contributed by atoms with E-state index in [9.17, 15) is 8.42 Å². The fourth-order valence-electron chi connectivity index (χ4n) is 2.02. The molecule has 0 aliphatic carbocycles. The second kappa shape index (κ2) is 8.24. The van der Waals surface area contributed by atoms with Crippen LogP contribution >= 0.6 is 0 Å². The fourth-order valence-corrected chi connectivity index (χ4v) is 3.19. The SMILES string of the molecule is CCCS(=O)(=O)CCOc1ccc(OC)cc1CC(C)N. The average molecular weight is 315 g/mol. The van der Waals surface area contributed by atoms with Gasteiger partial charge in [-0.1, -0.05) is 6.92 Å². The summed E-state index contributed by atoms with van der Waals surface area (Å²) in [6.07, 6.45) is 1.27. The third-order valence-corrected chi connectivity index (χ3v) is 4.80. The van der Waals surface area contributed by atoms with Gasteiger partial charge in [-0.2, -0.15) is 0 Å². The van der Waals surface area contributed by atoms with Crippen LogP contribution < -0.4 is 15.2 Å². The molecule has 1 rings (SSSR count). The summed E-state index contributed by atoms with van der Waals surface area (Å²) in [5, 5.41) is 0.